The predicted molar refractivity (Wildman–Crippen MR) is 131 cm³/mol. The summed E-state index contributed by atoms with van der Waals surface area (Å²) in [6.07, 6.45) is 1.54. The zero-order chi connectivity index (χ0) is 23.2. The SMILES string of the molecule is Cc1cc(N2C(=O)NC(=O)/C(=C\c3cc(C)n(-c4cccc(Br)c4)c3C)C2=O)ccc1Br. The van der Waals surface area contributed by atoms with Crippen molar-refractivity contribution in [2.24, 2.45) is 0 Å². The van der Waals surface area contributed by atoms with Crippen LogP contribution in [0.15, 0.2) is 63.0 Å². The van der Waals surface area contributed by atoms with Crippen LogP contribution >= 0.6 is 31.9 Å². The minimum Gasteiger partial charge on any atom is -0.318 e. The largest absolute Gasteiger partial charge is 0.335 e. The van der Waals surface area contributed by atoms with E-state index in [9.17, 15) is 14.4 Å². The Morgan fingerprint density at radius 1 is 0.906 bits per heavy atom. The number of carbonyl (C=O) groups is 3. The molecule has 1 aromatic heterocycles. The Balaban J connectivity index is 1.77. The van der Waals surface area contributed by atoms with Gasteiger partial charge in [0.05, 0.1) is 5.69 Å². The van der Waals surface area contributed by atoms with E-state index < -0.39 is 17.8 Å². The number of aromatic nitrogens is 1. The van der Waals surface area contributed by atoms with Crippen molar-refractivity contribution in [1.29, 1.82) is 0 Å². The lowest BCUT2D eigenvalue weighted by molar-refractivity contribution is -0.122. The molecule has 2 aromatic carbocycles. The normalized spacial score (nSPS) is 15.5. The summed E-state index contributed by atoms with van der Waals surface area (Å²) >= 11 is 6.91. The molecule has 0 unspecified atom stereocenters. The van der Waals surface area contributed by atoms with Crippen molar-refractivity contribution in [1.82, 2.24) is 9.88 Å². The third kappa shape index (κ3) is 3.96. The second-order valence-electron chi connectivity index (χ2n) is 7.53. The number of carbonyl (C=O) groups excluding carboxylic acids is 3. The molecular formula is C24H19Br2N3O3. The molecule has 1 saturated heterocycles. The highest BCUT2D eigenvalue weighted by Gasteiger charge is 2.37. The summed E-state index contributed by atoms with van der Waals surface area (Å²) in [5, 5.41) is 2.28. The fourth-order valence-electron chi connectivity index (χ4n) is 3.76. The van der Waals surface area contributed by atoms with Gasteiger partial charge in [-0.2, -0.15) is 0 Å². The van der Waals surface area contributed by atoms with Crippen LogP contribution in [0.4, 0.5) is 10.5 Å². The number of barbiturate groups is 1. The number of nitrogens with zero attached hydrogens (tertiary/aromatic N) is 2. The number of urea groups is 1. The molecule has 3 aromatic rings. The van der Waals surface area contributed by atoms with Gasteiger partial charge in [-0.1, -0.05) is 37.9 Å². The van der Waals surface area contributed by atoms with Crippen molar-refractivity contribution >= 4 is 61.5 Å². The average molecular weight is 557 g/mol. The van der Waals surface area contributed by atoms with Gasteiger partial charge >= 0.3 is 6.03 Å². The summed E-state index contributed by atoms with van der Waals surface area (Å²) in [6.45, 7) is 5.74. The van der Waals surface area contributed by atoms with Crippen molar-refractivity contribution in [3.8, 4) is 5.69 Å². The third-order valence-corrected chi connectivity index (χ3v) is 6.72. The number of hydrogen-bond donors (Lipinski definition) is 1. The first kappa shape index (κ1) is 22.2. The van der Waals surface area contributed by atoms with Crippen LogP contribution in [0.25, 0.3) is 11.8 Å². The van der Waals surface area contributed by atoms with Crippen molar-refractivity contribution in [2.75, 3.05) is 4.90 Å². The molecule has 1 aliphatic rings. The summed E-state index contributed by atoms with van der Waals surface area (Å²) in [5.74, 6) is -1.37. The van der Waals surface area contributed by atoms with E-state index in [1.807, 2.05) is 55.7 Å². The summed E-state index contributed by atoms with van der Waals surface area (Å²) < 4.78 is 3.85. The lowest BCUT2D eigenvalue weighted by Gasteiger charge is -2.26. The fourth-order valence-corrected chi connectivity index (χ4v) is 4.40. The maximum atomic E-state index is 13.2. The molecule has 1 N–H and O–H groups in total. The second-order valence-corrected chi connectivity index (χ2v) is 9.30. The van der Waals surface area contributed by atoms with Crippen molar-refractivity contribution in [2.45, 2.75) is 20.8 Å². The number of amides is 4. The molecule has 2 heterocycles. The molecule has 32 heavy (non-hydrogen) atoms. The zero-order valence-corrected chi connectivity index (χ0v) is 20.7. The minimum atomic E-state index is -0.765. The van der Waals surface area contributed by atoms with Gasteiger partial charge in [-0.25, -0.2) is 9.69 Å². The molecule has 0 atom stereocenters. The Hall–Kier alpha value is -2.97. The third-order valence-electron chi connectivity index (χ3n) is 5.34. The predicted octanol–water partition coefficient (Wildman–Crippen LogP) is 5.59. The van der Waals surface area contributed by atoms with Crippen LogP contribution in [0, 0.1) is 20.8 Å². The first-order chi connectivity index (χ1) is 15.2. The molecular weight excluding hydrogens is 538 g/mol. The Bertz CT molecular complexity index is 1320. The summed E-state index contributed by atoms with van der Waals surface area (Å²) in [6, 6.07) is 14.1. The van der Waals surface area contributed by atoms with Gasteiger partial charge in [0.25, 0.3) is 11.8 Å². The van der Waals surface area contributed by atoms with Gasteiger partial charge in [0, 0.05) is 26.0 Å². The van der Waals surface area contributed by atoms with Crippen LogP contribution in [0.1, 0.15) is 22.5 Å². The van der Waals surface area contributed by atoms with E-state index in [1.165, 1.54) is 0 Å². The Morgan fingerprint density at radius 3 is 2.34 bits per heavy atom. The molecule has 8 heteroatoms. The smallest absolute Gasteiger partial charge is 0.318 e. The number of imide groups is 2. The van der Waals surface area contributed by atoms with E-state index in [-0.39, 0.29) is 5.57 Å². The highest BCUT2D eigenvalue weighted by atomic mass is 79.9. The fraction of sp³-hybridized carbons (Fsp3) is 0.125. The monoisotopic (exact) mass is 555 g/mol. The van der Waals surface area contributed by atoms with Crippen LogP contribution in [0.5, 0.6) is 0 Å². The lowest BCUT2D eigenvalue weighted by atomic mass is 10.1. The zero-order valence-electron chi connectivity index (χ0n) is 17.6. The highest BCUT2D eigenvalue weighted by molar-refractivity contribution is 9.10. The number of halogens is 2. The Morgan fingerprint density at radius 2 is 1.66 bits per heavy atom. The number of hydrogen-bond acceptors (Lipinski definition) is 3. The molecule has 4 amide bonds. The van der Waals surface area contributed by atoms with Crippen LogP contribution in [-0.4, -0.2) is 22.4 Å². The minimum absolute atomic E-state index is 0.0975. The Kier molecular flexibility index (Phi) is 5.92. The van der Waals surface area contributed by atoms with E-state index >= 15 is 0 Å². The van der Waals surface area contributed by atoms with Gasteiger partial charge in [-0.05, 0) is 80.4 Å². The summed E-state index contributed by atoms with van der Waals surface area (Å²) in [4.78, 5) is 39.2. The number of benzene rings is 2. The van der Waals surface area contributed by atoms with Gasteiger partial charge < -0.3 is 4.57 Å². The Labute approximate surface area is 202 Å². The molecule has 6 nitrogen and oxygen atoms in total. The molecule has 4 rings (SSSR count). The van der Waals surface area contributed by atoms with Gasteiger partial charge in [0.15, 0.2) is 0 Å². The first-order valence-corrected chi connectivity index (χ1v) is 11.4. The van der Waals surface area contributed by atoms with E-state index in [1.54, 1.807) is 24.3 Å². The number of anilines is 1. The molecule has 0 aliphatic carbocycles. The molecule has 0 spiro atoms. The number of rotatable bonds is 3. The average Bonchev–Trinajstić information content (AvgIpc) is 3.00. The highest BCUT2D eigenvalue weighted by Crippen LogP contribution is 2.28. The van der Waals surface area contributed by atoms with Crippen LogP contribution < -0.4 is 10.2 Å². The molecule has 0 saturated carbocycles. The van der Waals surface area contributed by atoms with Gasteiger partial charge in [0.1, 0.15) is 5.57 Å². The van der Waals surface area contributed by atoms with E-state index in [0.29, 0.717) is 5.69 Å². The topological polar surface area (TPSA) is 71.4 Å². The standard InChI is InChI=1S/C24H19Br2N3O3/c1-13-9-19(7-8-21(13)26)29-23(31)20(22(30)27-24(29)32)11-16-10-14(2)28(15(16)3)18-6-4-5-17(25)12-18/h4-12H,1-3H3,(H,27,30,32)/b20-11+. The maximum absolute atomic E-state index is 13.2. The number of aryl methyl sites for hydroxylation is 2. The van der Waals surface area contributed by atoms with Crippen LogP contribution in [0.3, 0.4) is 0 Å². The number of nitrogens with one attached hydrogen (secondary N) is 1. The molecule has 162 valence electrons. The maximum Gasteiger partial charge on any atom is 0.335 e. The van der Waals surface area contributed by atoms with Crippen molar-refractivity contribution < 1.29 is 14.4 Å². The van der Waals surface area contributed by atoms with Crippen molar-refractivity contribution in [3.63, 3.8) is 0 Å². The first-order valence-electron chi connectivity index (χ1n) is 9.80. The van der Waals surface area contributed by atoms with Crippen LogP contribution in [0.2, 0.25) is 0 Å². The van der Waals surface area contributed by atoms with E-state index in [0.717, 1.165) is 42.0 Å². The molecule has 1 aliphatic heterocycles. The second kappa shape index (κ2) is 8.52. The van der Waals surface area contributed by atoms with Gasteiger partial charge in [-0.15, -0.1) is 0 Å². The summed E-state index contributed by atoms with van der Waals surface area (Å²) in [7, 11) is 0. The summed E-state index contributed by atoms with van der Waals surface area (Å²) in [5.41, 5.74) is 4.67. The molecule has 0 radical (unpaired) electrons. The van der Waals surface area contributed by atoms with E-state index in [4.69, 9.17) is 0 Å². The van der Waals surface area contributed by atoms with Crippen molar-refractivity contribution in [3.05, 3.63) is 85.6 Å². The van der Waals surface area contributed by atoms with Crippen LogP contribution in [-0.2, 0) is 9.59 Å². The van der Waals surface area contributed by atoms with E-state index in [2.05, 4.69) is 37.2 Å². The van der Waals surface area contributed by atoms with Gasteiger partial charge in [-0.3, -0.25) is 14.9 Å². The van der Waals surface area contributed by atoms with Gasteiger partial charge in [0.2, 0.25) is 0 Å². The quantitative estimate of drug-likeness (QED) is 0.337. The molecule has 1 fully saturated rings. The molecule has 0 bridgehead atoms. The lowest BCUT2D eigenvalue weighted by Crippen LogP contribution is -2.54.